The van der Waals surface area contributed by atoms with Gasteiger partial charge in [-0.3, -0.25) is 0 Å². The van der Waals surface area contributed by atoms with E-state index in [0.29, 0.717) is 0 Å². The molecule has 4 heteroatoms. The lowest BCUT2D eigenvalue weighted by Crippen LogP contribution is -2.37. The lowest BCUT2D eigenvalue weighted by molar-refractivity contribution is 0.661. The van der Waals surface area contributed by atoms with Crippen molar-refractivity contribution in [3.05, 3.63) is 187 Å². The maximum atomic E-state index is 2.50. The van der Waals surface area contributed by atoms with E-state index in [2.05, 4.69) is 231 Å². The summed E-state index contributed by atoms with van der Waals surface area (Å²) in [6.45, 7) is 12.1. The van der Waals surface area contributed by atoms with Gasteiger partial charge in [0.1, 0.15) is 0 Å². The van der Waals surface area contributed by atoms with Crippen LogP contribution >= 0.6 is 0 Å². The van der Waals surface area contributed by atoms with E-state index in [4.69, 9.17) is 0 Å². The number of aryl methyl sites for hydroxylation is 1. The largest absolute Gasteiger partial charge is 0.342 e. The molecule has 0 spiro atoms. The molecule has 0 radical (unpaired) electrons. The van der Waals surface area contributed by atoms with Crippen LogP contribution in [0.2, 0.25) is 19.6 Å². The fourth-order valence-electron chi connectivity index (χ4n) is 9.39. The second-order valence-electron chi connectivity index (χ2n) is 17.1. The van der Waals surface area contributed by atoms with Crippen LogP contribution in [0.3, 0.4) is 0 Å². The van der Waals surface area contributed by atoms with Gasteiger partial charge in [-0.1, -0.05) is 148 Å². The van der Waals surface area contributed by atoms with Crippen molar-refractivity contribution in [2.45, 2.75) is 38.9 Å². The lowest BCUT2D eigenvalue weighted by Gasteiger charge is -2.30. The van der Waals surface area contributed by atoms with Crippen molar-refractivity contribution in [3.63, 3.8) is 0 Å². The van der Waals surface area contributed by atoms with E-state index >= 15 is 0 Å². The first-order valence-corrected chi connectivity index (χ1v) is 23.6. The van der Waals surface area contributed by atoms with Crippen molar-refractivity contribution in [3.8, 4) is 11.1 Å². The molecule has 3 nitrogen and oxygen atoms in total. The van der Waals surface area contributed by atoms with Gasteiger partial charge < -0.3 is 14.4 Å². The summed E-state index contributed by atoms with van der Waals surface area (Å²) < 4.78 is 2.36. The maximum absolute atomic E-state index is 2.50. The molecule has 0 unspecified atom stereocenters. The SMILES string of the molecule is Cn1c2ccccc2c2cccc(N(c3ccccc3)c3cc4c(c5ccccc35)-c3ccc(N(c5ccccc5)c5ccc([Si](C)(C)C)cc5)cc3C4(C)C)c21. The maximum Gasteiger partial charge on any atom is 0.0775 e. The minimum absolute atomic E-state index is 0.266. The number of fused-ring (bicyclic) bond motifs is 8. The number of aromatic nitrogens is 1. The molecule has 1 aliphatic rings. The first kappa shape index (κ1) is 35.1. The number of nitrogens with zero attached hydrogens (tertiary/aromatic N) is 3. The second-order valence-corrected chi connectivity index (χ2v) is 22.2. The van der Waals surface area contributed by atoms with Crippen LogP contribution in [0.4, 0.5) is 34.1 Å². The Morgan fingerprint density at radius 1 is 0.456 bits per heavy atom. The molecule has 1 aromatic heterocycles. The highest BCUT2D eigenvalue weighted by atomic mass is 28.3. The summed E-state index contributed by atoms with van der Waals surface area (Å²) in [5, 5.41) is 6.50. The van der Waals surface area contributed by atoms with E-state index in [-0.39, 0.29) is 5.41 Å². The highest BCUT2D eigenvalue weighted by molar-refractivity contribution is 6.88. The Kier molecular flexibility index (Phi) is 8.07. The number of anilines is 6. The summed E-state index contributed by atoms with van der Waals surface area (Å²) in [6.07, 6.45) is 0. The van der Waals surface area contributed by atoms with Gasteiger partial charge in [-0.2, -0.15) is 0 Å². The van der Waals surface area contributed by atoms with Crippen molar-refractivity contribution in [1.82, 2.24) is 4.57 Å². The van der Waals surface area contributed by atoms with E-state index in [1.54, 1.807) is 0 Å². The Hall–Kier alpha value is -6.36. The number of rotatable bonds is 7. The number of para-hydroxylation sites is 4. The highest BCUT2D eigenvalue weighted by Gasteiger charge is 2.39. The second kappa shape index (κ2) is 13.1. The van der Waals surface area contributed by atoms with Crippen LogP contribution in [0, 0.1) is 0 Å². The molecular formula is C53H47N3Si. The summed E-state index contributed by atoms with van der Waals surface area (Å²) >= 11 is 0. The minimum Gasteiger partial charge on any atom is -0.342 e. The Bertz CT molecular complexity index is 2970. The Morgan fingerprint density at radius 3 is 1.70 bits per heavy atom. The van der Waals surface area contributed by atoms with Crippen LogP contribution in [-0.2, 0) is 12.5 Å². The fraction of sp³-hybridized carbons (Fsp3) is 0.132. The molecule has 0 saturated heterocycles. The van der Waals surface area contributed by atoms with Crippen molar-refractivity contribution in [2.24, 2.45) is 7.05 Å². The molecular weight excluding hydrogens is 707 g/mol. The van der Waals surface area contributed by atoms with Crippen LogP contribution in [-0.4, -0.2) is 12.6 Å². The first-order valence-electron chi connectivity index (χ1n) is 20.1. The van der Waals surface area contributed by atoms with Crippen LogP contribution < -0.4 is 15.0 Å². The van der Waals surface area contributed by atoms with E-state index in [9.17, 15) is 0 Å². The van der Waals surface area contributed by atoms with Gasteiger partial charge in [-0.05, 0) is 94.4 Å². The third-order valence-corrected chi connectivity index (χ3v) is 14.4. The van der Waals surface area contributed by atoms with Crippen molar-refractivity contribution < 1.29 is 0 Å². The van der Waals surface area contributed by atoms with Crippen LogP contribution in [0.5, 0.6) is 0 Å². The molecule has 1 heterocycles. The molecule has 9 aromatic rings. The van der Waals surface area contributed by atoms with E-state index in [1.165, 1.54) is 77.1 Å². The smallest absolute Gasteiger partial charge is 0.0775 e. The molecule has 0 atom stereocenters. The topological polar surface area (TPSA) is 11.4 Å². The highest BCUT2D eigenvalue weighted by Crippen LogP contribution is 2.56. The summed E-state index contributed by atoms with van der Waals surface area (Å²) in [5.74, 6) is 0. The van der Waals surface area contributed by atoms with Crippen LogP contribution in [0.1, 0.15) is 25.0 Å². The summed E-state index contributed by atoms with van der Waals surface area (Å²) in [7, 11) is 0.758. The summed E-state index contributed by atoms with van der Waals surface area (Å²) in [6, 6.07) is 65.2. The molecule has 57 heavy (non-hydrogen) atoms. The third kappa shape index (κ3) is 5.54. The molecule has 0 aliphatic heterocycles. The molecule has 8 aromatic carbocycles. The lowest BCUT2D eigenvalue weighted by atomic mass is 9.81. The van der Waals surface area contributed by atoms with Gasteiger partial charge in [0.15, 0.2) is 0 Å². The molecule has 0 amide bonds. The van der Waals surface area contributed by atoms with Gasteiger partial charge in [0.05, 0.1) is 25.0 Å². The molecule has 0 bridgehead atoms. The standard InChI is InChI=1S/C53H47N3Si/c1-53(2)46-34-39(55(36-18-9-7-10-19-36)38-28-31-40(32-29-38)57(4,5)6)30-33-45(46)51-43-24-14-13-22-41(43)50(35-47(51)53)56(37-20-11-8-12-21-37)49-27-17-25-44-42-23-15-16-26-48(42)54(3)52(44)49/h7-35H,1-6H3. The predicted molar refractivity (Wildman–Crippen MR) is 248 cm³/mol. The zero-order valence-corrected chi connectivity index (χ0v) is 34.6. The molecule has 0 fully saturated rings. The zero-order chi connectivity index (χ0) is 39.1. The average molecular weight is 754 g/mol. The van der Waals surface area contributed by atoms with Crippen LogP contribution in [0.15, 0.2) is 176 Å². The summed E-state index contributed by atoms with van der Waals surface area (Å²) in [4.78, 5) is 4.91. The number of hydrogen-bond donors (Lipinski definition) is 0. The minimum atomic E-state index is -1.45. The zero-order valence-electron chi connectivity index (χ0n) is 33.6. The van der Waals surface area contributed by atoms with Crippen molar-refractivity contribution in [1.29, 1.82) is 0 Å². The van der Waals surface area contributed by atoms with E-state index in [0.717, 1.165) is 17.1 Å². The van der Waals surface area contributed by atoms with Gasteiger partial charge in [-0.15, -0.1) is 0 Å². The Labute approximate surface area is 337 Å². The molecule has 278 valence electrons. The van der Waals surface area contributed by atoms with Gasteiger partial charge in [0, 0.05) is 56.9 Å². The monoisotopic (exact) mass is 753 g/mol. The fourth-order valence-corrected chi connectivity index (χ4v) is 10.6. The number of benzene rings is 8. The number of hydrogen-bond acceptors (Lipinski definition) is 2. The summed E-state index contributed by atoms with van der Waals surface area (Å²) in [5.41, 5.74) is 14.5. The first-order chi connectivity index (χ1) is 27.6. The van der Waals surface area contributed by atoms with E-state index in [1.807, 2.05) is 0 Å². The Balaban J connectivity index is 1.19. The predicted octanol–water partition coefficient (Wildman–Crippen LogP) is 14.3. The van der Waals surface area contributed by atoms with Gasteiger partial charge >= 0.3 is 0 Å². The van der Waals surface area contributed by atoms with Crippen molar-refractivity contribution >= 4 is 80.0 Å². The molecule has 0 saturated carbocycles. The molecule has 0 N–H and O–H groups in total. The quantitative estimate of drug-likeness (QED) is 0.150. The van der Waals surface area contributed by atoms with Gasteiger partial charge in [-0.25, -0.2) is 0 Å². The average Bonchev–Trinajstić information content (AvgIpc) is 3.65. The molecule has 1 aliphatic carbocycles. The normalized spacial score (nSPS) is 13.2. The molecule has 10 rings (SSSR count). The van der Waals surface area contributed by atoms with Gasteiger partial charge in [0.2, 0.25) is 0 Å². The third-order valence-electron chi connectivity index (χ3n) is 12.3. The van der Waals surface area contributed by atoms with Gasteiger partial charge in [0.25, 0.3) is 0 Å². The van der Waals surface area contributed by atoms with Crippen LogP contribution in [0.25, 0.3) is 43.7 Å². The van der Waals surface area contributed by atoms with Crippen molar-refractivity contribution in [2.75, 3.05) is 9.80 Å². The van der Waals surface area contributed by atoms with E-state index < -0.39 is 8.07 Å². The Morgan fingerprint density at radius 2 is 1.02 bits per heavy atom.